The first kappa shape index (κ1) is 17.9. The number of aryl methyl sites for hydroxylation is 1. The van der Waals surface area contributed by atoms with Crippen LogP contribution in [0.4, 0.5) is 0 Å². The monoisotopic (exact) mass is 397 g/mol. The Hall–Kier alpha value is -2.18. The predicted molar refractivity (Wildman–Crippen MR) is 106 cm³/mol. The number of halogens is 1. The van der Waals surface area contributed by atoms with Gasteiger partial charge in [-0.2, -0.15) is 0 Å². The van der Waals surface area contributed by atoms with Crippen LogP contribution in [0.2, 0.25) is 0 Å². The van der Waals surface area contributed by atoms with Gasteiger partial charge in [0, 0.05) is 30.9 Å². The molecule has 1 aliphatic carbocycles. The first-order valence-corrected chi connectivity index (χ1v) is 10.5. The van der Waals surface area contributed by atoms with Crippen LogP contribution in [0.15, 0.2) is 34.9 Å². The summed E-state index contributed by atoms with van der Waals surface area (Å²) in [6, 6.07) is 10.5. The maximum Gasteiger partial charge on any atom is 0.153 e. The average molecular weight is 398 g/mol. The molecule has 0 atom stereocenters. The summed E-state index contributed by atoms with van der Waals surface area (Å²) in [4.78, 5) is 0. The highest BCUT2D eigenvalue weighted by atomic mass is 35.5. The highest BCUT2D eigenvalue weighted by Crippen LogP contribution is 2.41. The van der Waals surface area contributed by atoms with E-state index in [1.165, 1.54) is 5.56 Å². The number of hydrogen-bond donors (Lipinski definition) is 0. The van der Waals surface area contributed by atoms with Crippen molar-refractivity contribution in [2.45, 2.75) is 64.0 Å². The number of fused-ring (bicyclic) bond motifs is 3. The summed E-state index contributed by atoms with van der Waals surface area (Å²) < 4.78 is 9.43. The standard InChI is InChI=1S/C21H24ClN5O/c1-2-17-11-18(25-28-17)14-7-9-15(10-8-14)21-24-23-20-13-26(22)12-16-5-3-4-6-19(16)27(20)21/h3-6,11,14-15H,2,7-10,12-13H2,1H3. The molecule has 0 spiro atoms. The molecule has 5 rings (SSSR count). The molecule has 3 aromatic rings. The van der Waals surface area contributed by atoms with Gasteiger partial charge in [0.1, 0.15) is 11.6 Å². The van der Waals surface area contributed by atoms with E-state index in [0.717, 1.165) is 60.9 Å². The van der Waals surface area contributed by atoms with Crippen molar-refractivity contribution in [3.63, 3.8) is 0 Å². The van der Waals surface area contributed by atoms with E-state index >= 15 is 0 Å². The Morgan fingerprint density at radius 3 is 2.64 bits per heavy atom. The second-order valence-electron chi connectivity index (χ2n) is 7.84. The van der Waals surface area contributed by atoms with Crippen LogP contribution in [0.25, 0.3) is 5.69 Å². The third-order valence-corrected chi connectivity index (χ3v) is 6.32. The zero-order valence-corrected chi connectivity index (χ0v) is 16.8. The molecule has 7 heteroatoms. The van der Waals surface area contributed by atoms with Crippen molar-refractivity contribution >= 4 is 11.8 Å². The Balaban J connectivity index is 1.41. The van der Waals surface area contributed by atoms with Crippen LogP contribution in [0.3, 0.4) is 0 Å². The van der Waals surface area contributed by atoms with Crippen LogP contribution < -0.4 is 0 Å². The van der Waals surface area contributed by atoms with E-state index in [1.807, 2.05) is 0 Å². The van der Waals surface area contributed by atoms with Crippen molar-refractivity contribution in [2.24, 2.45) is 0 Å². The van der Waals surface area contributed by atoms with Crippen LogP contribution in [-0.4, -0.2) is 24.3 Å². The summed E-state index contributed by atoms with van der Waals surface area (Å²) in [5, 5.41) is 13.4. The number of nitrogens with zero attached hydrogens (tertiary/aromatic N) is 5. The van der Waals surface area contributed by atoms with E-state index in [2.05, 4.69) is 57.2 Å². The SMILES string of the molecule is CCc1cc(C2CCC(c3nnc4n3-c3ccccc3CN(Cl)C4)CC2)no1. The van der Waals surface area contributed by atoms with Crippen LogP contribution in [0.1, 0.15) is 73.1 Å². The van der Waals surface area contributed by atoms with Gasteiger partial charge in [0.25, 0.3) is 0 Å². The predicted octanol–water partition coefficient (Wildman–Crippen LogP) is 4.73. The molecule has 0 N–H and O–H groups in total. The minimum Gasteiger partial charge on any atom is -0.361 e. The molecular formula is C21H24ClN5O. The molecule has 0 radical (unpaired) electrons. The van der Waals surface area contributed by atoms with Crippen LogP contribution in [0, 0.1) is 0 Å². The largest absolute Gasteiger partial charge is 0.361 e. The fourth-order valence-electron chi connectivity index (χ4n) is 4.55. The molecular weight excluding hydrogens is 374 g/mol. The van der Waals surface area contributed by atoms with Gasteiger partial charge in [0.05, 0.1) is 17.9 Å². The van der Waals surface area contributed by atoms with Crippen molar-refractivity contribution in [1.29, 1.82) is 0 Å². The topological polar surface area (TPSA) is 60.0 Å². The van der Waals surface area contributed by atoms with E-state index in [0.29, 0.717) is 24.9 Å². The highest BCUT2D eigenvalue weighted by Gasteiger charge is 2.31. The van der Waals surface area contributed by atoms with E-state index in [9.17, 15) is 0 Å². The van der Waals surface area contributed by atoms with Gasteiger partial charge in [-0.3, -0.25) is 4.57 Å². The van der Waals surface area contributed by atoms with Crippen LogP contribution in [-0.2, 0) is 19.5 Å². The second-order valence-corrected chi connectivity index (χ2v) is 8.32. The highest BCUT2D eigenvalue weighted by molar-refractivity contribution is 6.13. The van der Waals surface area contributed by atoms with Gasteiger partial charge >= 0.3 is 0 Å². The smallest absolute Gasteiger partial charge is 0.153 e. The van der Waals surface area contributed by atoms with Crippen LogP contribution in [0.5, 0.6) is 0 Å². The van der Waals surface area contributed by atoms with E-state index in [-0.39, 0.29) is 0 Å². The third-order valence-electron chi connectivity index (χ3n) is 6.08. The molecule has 1 fully saturated rings. The summed E-state index contributed by atoms with van der Waals surface area (Å²) in [6.07, 6.45) is 5.27. The van der Waals surface area contributed by atoms with Gasteiger partial charge in [-0.15, -0.1) is 10.2 Å². The molecule has 3 heterocycles. The maximum atomic E-state index is 6.41. The van der Waals surface area contributed by atoms with E-state index < -0.39 is 0 Å². The number of rotatable bonds is 3. The Morgan fingerprint density at radius 2 is 1.86 bits per heavy atom. The molecule has 1 aromatic carbocycles. The second kappa shape index (κ2) is 7.33. The molecule has 0 bridgehead atoms. The average Bonchev–Trinajstić information content (AvgIpc) is 3.33. The Kier molecular flexibility index (Phi) is 4.69. The fraction of sp³-hybridized carbons (Fsp3) is 0.476. The normalized spacial score (nSPS) is 22.5. The first-order chi connectivity index (χ1) is 13.7. The zero-order valence-electron chi connectivity index (χ0n) is 16.0. The number of benzene rings is 1. The Morgan fingerprint density at radius 1 is 1.07 bits per heavy atom. The van der Waals surface area contributed by atoms with Crippen molar-refractivity contribution in [3.8, 4) is 5.69 Å². The minimum absolute atomic E-state index is 0.407. The van der Waals surface area contributed by atoms with Crippen molar-refractivity contribution in [1.82, 2.24) is 24.3 Å². The summed E-state index contributed by atoms with van der Waals surface area (Å²) >= 11 is 6.41. The number of hydrogen-bond acceptors (Lipinski definition) is 5. The Bertz CT molecular complexity index is 973. The lowest BCUT2D eigenvalue weighted by atomic mass is 9.80. The molecule has 1 aliphatic heterocycles. The minimum atomic E-state index is 0.407. The van der Waals surface area contributed by atoms with Gasteiger partial charge in [-0.25, -0.2) is 4.42 Å². The number of para-hydroxylation sites is 1. The third kappa shape index (κ3) is 3.14. The lowest BCUT2D eigenvalue weighted by Gasteiger charge is -2.27. The Labute approximate surface area is 169 Å². The van der Waals surface area contributed by atoms with Crippen molar-refractivity contribution in [2.75, 3.05) is 0 Å². The first-order valence-electron chi connectivity index (χ1n) is 10.1. The summed E-state index contributed by atoms with van der Waals surface area (Å²) in [5.74, 6) is 3.85. The molecule has 0 amide bonds. The fourth-order valence-corrected chi connectivity index (χ4v) is 4.79. The van der Waals surface area contributed by atoms with E-state index in [4.69, 9.17) is 16.3 Å². The van der Waals surface area contributed by atoms with Crippen molar-refractivity contribution in [3.05, 3.63) is 59.0 Å². The maximum absolute atomic E-state index is 6.41. The molecule has 146 valence electrons. The summed E-state index contributed by atoms with van der Waals surface area (Å²) in [7, 11) is 0. The van der Waals surface area contributed by atoms with Crippen molar-refractivity contribution < 1.29 is 4.52 Å². The van der Waals surface area contributed by atoms with Gasteiger partial charge in [0.15, 0.2) is 5.82 Å². The molecule has 2 aromatic heterocycles. The van der Waals surface area contributed by atoms with Gasteiger partial charge in [0.2, 0.25) is 0 Å². The molecule has 0 unspecified atom stereocenters. The lowest BCUT2D eigenvalue weighted by Crippen LogP contribution is -2.17. The molecule has 28 heavy (non-hydrogen) atoms. The summed E-state index contributed by atoms with van der Waals surface area (Å²) in [6.45, 7) is 3.40. The van der Waals surface area contributed by atoms with Gasteiger partial charge < -0.3 is 4.52 Å². The molecule has 1 saturated carbocycles. The molecule has 2 aliphatic rings. The molecule has 0 saturated heterocycles. The van der Waals surface area contributed by atoms with E-state index in [1.54, 1.807) is 4.42 Å². The molecule has 6 nitrogen and oxygen atoms in total. The van der Waals surface area contributed by atoms with Crippen LogP contribution >= 0.6 is 11.8 Å². The van der Waals surface area contributed by atoms with Gasteiger partial charge in [-0.05, 0) is 49.1 Å². The summed E-state index contributed by atoms with van der Waals surface area (Å²) in [5.41, 5.74) is 3.48. The lowest BCUT2D eigenvalue weighted by molar-refractivity contribution is 0.344. The number of aromatic nitrogens is 4. The zero-order chi connectivity index (χ0) is 19.1. The quantitative estimate of drug-likeness (QED) is 0.598. The van der Waals surface area contributed by atoms with Gasteiger partial charge in [-0.1, -0.05) is 30.3 Å².